The number of carbonyl (C=O) groups is 1. The van der Waals surface area contributed by atoms with Crippen molar-refractivity contribution in [2.24, 2.45) is 0 Å². The summed E-state index contributed by atoms with van der Waals surface area (Å²) in [4.78, 5) is 12.0. The Bertz CT molecular complexity index is 773. The summed E-state index contributed by atoms with van der Waals surface area (Å²) in [5.74, 6) is 0.842. The van der Waals surface area contributed by atoms with Crippen molar-refractivity contribution < 1.29 is 14.3 Å². The highest BCUT2D eigenvalue weighted by atomic mass is 35.5. The molecule has 0 saturated heterocycles. The number of hydrogen-bond donors (Lipinski definition) is 0. The van der Waals surface area contributed by atoms with Crippen LogP contribution < -0.4 is 4.74 Å². The maximum Gasteiger partial charge on any atom is 0.343 e. The van der Waals surface area contributed by atoms with E-state index in [2.05, 4.69) is 0 Å². The van der Waals surface area contributed by atoms with Gasteiger partial charge in [-0.2, -0.15) is 0 Å². The highest BCUT2D eigenvalue weighted by Gasteiger charge is 2.22. The molecule has 0 spiro atoms. The molecule has 0 bridgehead atoms. The van der Waals surface area contributed by atoms with E-state index in [1.165, 1.54) is 0 Å². The molecule has 0 N–H and O–H groups in total. The second kappa shape index (κ2) is 6.08. The van der Waals surface area contributed by atoms with Gasteiger partial charge in [0.05, 0.1) is 12.7 Å². The molecule has 0 fully saturated rings. The van der Waals surface area contributed by atoms with Crippen LogP contribution in [0.5, 0.6) is 5.75 Å². The van der Waals surface area contributed by atoms with Crippen molar-refractivity contribution in [1.82, 2.24) is 0 Å². The highest BCUT2D eigenvalue weighted by molar-refractivity contribution is 6.30. The van der Waals surface area contributed by atoms with Crippen molar-refractivity contribution >= 4 is 29.4 Å². The standard InChI is InChI=1S/C18H13ClO3/c1-21-16-5-3-2-4-13(16)10-14-11-17(22-18(14)20)12-6-8-15(19)9-7-12/h2-11H,1H3. The van der Waals surface area contributed by atoms with Crippen LogP contribution in [0, 0.1) is 0 Å². The zero-order valence-electron chi connectivity index (χ0n) is 11.9. The largest absolute Gasteiger partial charge is 0.496 e. The van der Waals surface area contributed by atoms with Gasteiger partial charge in [0, 0.05) is 16.1 Å². The van der Waals surface area contributed by atoms with Crippen LogP contribution in [0.2, 0.25) is 5.02 Å². The van der Waals surface area contributed by atoms with Gasteiger partial charge in [0.2, 0.25) is 0 Å². The van der Waals surface area contributed by atoms with Crippen molar-refractivity contribution in [2.45, 2.75) is 0 Å². The Morgan fingerprint density at radius 2 is 1.82 bits per heavy atom. The zero-order chi connectivity index (χ0) is 15.5. The van der Waals surface area contributed by atoms with Gasteiger partial charge in [0.1, 0.15) is 11.5 Å². The van der Waals surface area contributed by atoms with Crippen LogP contribution >= 0.6 is 11.6 Å². The summed E-state index contributed by atoms with van der Waals surface area (Å²) in [6.07, 6.45) is 3.47. The Labute approximate surface area is 133 Å². The topological polar surface area (TPSA) is 35.5 Å². The average Bonchev–Trinajstić information content (AvgIpc) is 2.89. The number of benzene rings is 2. The van der Waals surface area contributed by atoms with Crippen molar-refractivity contribution in [2.75, 3.05) is 7.11 Å². The maximum absolute atomic E-state index is 12.0. The summed E-state index contributed by atoms with van der Waals surface area (Å²) in [6.45, 7) is 0. The molecule has 2 aromatic rings. The van der Waals surface area contributed by atoms with Crippen molar-refractivity contribution in [1.29, 1.82) is 0 Å². The fourth-order valence-corrected chi connectivity index (χ4v) is 2.32. The first kappa shape index (κ1) is 14.4. The van der Waals surface area contributed by atoms with E-state index in [9.17, 15) is 4.79 Å². The lowest BCUT2D eigenvalue weighted by Gasteiger charge is -2.03. The number of esters is 1. The molecule has 1 aliphatic rings. The van der Waals surface area contributed by atoms with Gasteiger partial charge in [0.25, 0.3) is 0 Å². The number of methoxy groups -OCH3 is 1. The number of halogens is 1. The molecule has 110 valence electrons. The molecule has 4 heteroatoms. The fraction of sp³-hybridized carbons (Fsp3) is 0.0556. The van der Waals surface area contributed by atoms with Gasteiger partial charge in [-0.25, -0.2) is 4.79 Å². The number of hydrogen-bond acceptors (Lipinski definition) is 3. The second-order valence-corrected chi connectivity index (χ2v) is 5.18. The normalized spacial score (nSPS) is 15.6. The van der Waals surface area contributed by atoms with Crippen LogP contribution in [-0.4, -0.2) is 13.1 Å². The molecular formula is C18H13ClO3. The molecule has 0 saturated carbocycles. The highest BCUT2D eigenvalue weighted by Crippen LogP contribution is 2.29. The van der Waals surface area contributed by atoms with E-state index in [4.69, 9.17) is 21.1 Å². The van der Waals surface area contributed by atoms with E-state index in [0.29, 0.717) is 22.1 Å². The van der Waals surface area contributed by atoms with Gasteiger partial charge in [-0.15, -0.1) is 0 Å². The molecule has 1 heterocycles. The van der Waals surface area contributed by atoms with E-state index in [1.807, 2.05) is 36.4 Å². The molecule has 3 rings (SSSR count). The monoisotopic (exact) mass is 312 g/mol. The number of cyclic esters (lactones) is 1. The number of ether oxygens (including phenoxy) is 2. The molecule has 1 aliphatic heterocycles. The Kier molecular flexibility index (Phi) is 3.98. The number of para-hydroxylation sites is 1. The smallest absolute Gasteiger partial charge is 0.343 e. The summed E-state index contributed by atoms with van der Waals surface area (Å²) in [5, 5.41) is 0.637. The van der Waals surface area contributed by atoms with Crippen LogP contribution in [-0.2, 0) is 9.53 Å². The molecular weight excluding hydrogens is 300 g/mol. The van der Waals surface area contributed by atoms with Gasteiger partial charge >= 0.3 is 5.97 Å². The summed E-state index contributed by atoms with van der Waals surface area (Å²) in [5.41, 5.74) is 2.11. The van der Waals surface area contributed by atoms with Crippen LogP contribution in [0.4, 0.5) is 0 Å². The van der Waals surface area contributed by atoms with Gasteiger partial charge in [-0.3, -0.25) is 0 Å². The summed E-state index contributed by atoms with van der Waals surface area (Å²) in [6, 6.07) is 14.6. The minimum Gasteiger partial charge on any atom is -0.496 e. The maximum atomic E-state index is 12.0. The number of carbonyl (C=O) groups excluding carboxylic acids is 1. The minimum absolute atomic E-state index is 0.379. The van der Waals surface area contributed by atoms with E-state index in [-0.39, 0.29) is 5.97 Å². The molecule has 0 unspecified atom stereocenters. The lowest BCUT2D eigenvalue weighted by Crippen LogP contribution is -1.97. The molecule has 0 radical (unpaired) electrons. The molecule has 0 aliphatic carbocycles. The fourth-order valence-electron chi connectivity index (χ4n) is 2.20. The van der Waals surface area contributed by atoms with E-state index >= 15 is 0 Å². The minimum atomic E-state index is -0.379. The van der Waals surface area contributed by atoms with Crippen molar-refractivity contribution in [3.8, 4) is 5.75 Å². The van der Waals surface area contributed by atoms with Crippen molar-refractivity contribution in [3.05, 3.63) is 76.3 Å². The summed E-state index contributed by atoms with van der Waals surface area (Å²) >= 11 is 5.86. The predicted molar refractivity (Wildman–Crippen MR) is 86.5 cm³/mol. The lowest BCUT2D eigenvalue weighted by atomic mass is 10.1. The van der Waals surface area contributed by atoms with E-state index in [0.717, 1.165) is 11.1 Å². The van der Waals surface area contributed by atoms with Crippen LogP contribution in [0.3, 0.4) is 0 Å². The third kappa shape index (κ3) is 2.90. The number of rotatable bonds is 3. The molecule has 2 aromatic carbocycles. The first-order chi connectivity index (χ1) is 10.7. The van der Waals surface area contributed by atoms with E-state index < -0.39 is 0 Å². The van der Waals surface area contributed by atoms with Gasteiger partial charge in [-0.05, 0) is 42.5 Å². The van der Waals surface area contributed by atoms with Crippen molar-refractivity contribution in [3.63, 3.8) is 0 Å². The van der Waals surface area contributed by atoms with Gasteiger partial charge in [-0.1, -0.05) is 29.8 Å². The van der Waals surface area contributed by atoms with Crippen LogP contribution in [0.15, 0.2) is 60.2 Å². The van der Waals surface area contributed by atoms with Gasteiger partial charge < -0.3 is 9.47 Å². The molecule has 0 aromatic heterocycles. The molecule has 0 amide bonds. The van der Waals surface area contributed by atoms with Crippen LogP contribution in [0.25, 0.3) is 11.8 Å². The predicted octanol–water partition coefficient (Wildman–Crippen LogP) is 4.33. The van der Waals surface area contributed by atoms with Gasteiger partial charge in [0.15, 0.2) is 0 Å². The first-order valence-corrected chi connectivity index (χ1v) is 7.10. The first-order valence-electron chi connectivity index (χ1n) is 6.72. The van der Waals surface area contributed by atoms with E-state index in [1.54, 1.807) is 31.4 Å². The third-order valence-corrected chi connectivity index (χ3v) is 3.56. The molecule has 0 atom stereocenters. The second-order valence-electron chi connectivity index (χ2n) is 4.75. The third-order valence-electron chi connectivity index (χ3n) is 3.30. The Hall–Kier alpha value is -2.52. The zero-order valence-corrected chi connectivity index (χ0v) is 12.6. The Morgan fingerprint density at radius 1 is 1.09 bits per heavy atom. The molecule has 22 heavy (non-hydrogen) atoms. The molecule has 3 nitrogen and oxygen atoms in total. The Balaban J connectivity index is 1.96. The van der Waals surface area contributed by atoms with Crippen LogP contribution in [0.1, 0.15) is 11.1 Å². The summed E-state index contributed by atoms with van der Waals surface area (Å²) < 4.78 is 10.6. The average molecular weight is 313 g/mol. The summed E-state index contributed by atoms with van der Waals surface area (Å²) in [7, 11) is 1.60. The quantitative estimate of drug-likeness (QED) is 0.625. The Morgan fingerprint density at radius 3 is 2.55 bits per heavy atom. The SMILES string of the molecule is COc1ccccc1C=C1C=C(c2ccc(Cl)cc2)OC1=O. The lowest BCUT2D eigenvalue weighted by molar-refractivity contribution is -0.130.